The quantitative estimate of drug-likeness (QED) is 0.591. The van der Waals surface area contributed by atoms with Gasteiger partial charge in [-0.25, -0.2) is 4.39 Å². The van der Waals surface area contributed by atoms with Crippen molar-refractivity contribution in [1.29, 1.82) is 0 Å². The SMILES string of the molecule is Fc1cc(CNC2CC2)ccc1OCCOCC(F)(F)F. The summed E-state index contributed by atoms with van der Waals surface area (Å²) in [6.45, 7) is -1.11. The van der Waals surface area contributed by atoms with Gasteiger partial charge in [0.1, 0.15) is 13.2 Å². The summed E-state index contributed by atoms with van der Waals surface area (Å²) in [6.07, 6.45) is -2.05. The van der Waals surface area contributed by atoms with E-state index in [0.29, 0.717) is 12.6 Å². The van der Waals surface area contributed by atoms with E-state index in [-0.39, 0.29) is 19.0 Å². The van der Waals surface area contributed by atoms with Crippen LogP contribution in [0.5, 0.6) is 5.75 Å². The molecule has 0 bridgehead atoms. The summed E-state index contributed by atoms with van der Waals surface area (Å²) in [6, 6.07) is 5.10. The summed E-state index contributed by atoms with van der Waals surface area (Å²) in [5.41, 5.74) is 0.806. The molecule has 0 aromatic heterocycles. The molecule has 1 fully saturated rings. The van der Waals surface area contributed by atoms with E-state index in [1.807, 2.05) is 0 Å². The molecular formula is C14H17F4NO2. The molecule has 118 valence electrons. The lowest BCUT2D eigenvalue weighted by Crippen LogP contribution is -2.19. The van der Waals surface area contributed by atoms with Gasteiger partial charge in [0.15, 0.2) is 11.6 Å². The molecule has 1 aliphatic rings. The van der Waals surface area contributed by atoms with E-state index in [4.69, 9.17) is 4.74 Å². The summed E-state index contributed by atoms with van der Waals surface area (Å²) in [5, 5.41) is 3.26. The van der Waals surface area contributed by atoms with Gasteiger partial charge in [-0.3, -0.25) is 0 Å². The Morgan fingerprint density at radius 3 is 2.57 bits per heavy atom. The van der Waals surface area contributed by atoms with Crippen LogP contribution in [0.25, 0.3) is 0 Å². The maximum atomic E-state index is 13.7. The standard InChI is InChI=1S/C14H17F4NO2/c15-12-7-10(8-19-11-2-3-11)1-4-13(12)21-6-5-20-9-14(16,17)18/h1,4,7,11,19H,2-3,5-6,8-9H2. The molecule has 0 amide bonds. The Hall–Kier alpha value is -1.34. The highest BCUT2D eigenvalue weighted by Crippen LogP contribution is 2.21. The fraction of sp³-hybridized carbons (Fsp3) is 0.571. The molecule has 1 aromatic carbocycles. The van der Waals surface area contributed by atoms with E-state index < -0.39 is 18.6 Å². The summed E-state index contributed by atoms with van der Waals surface area (Å²) in [7, 11) is 0. The summed E-state index contributed by atoms with van der Waals surface area (Å²) in [4.78, 5) is 0. The predicted molar refractivity (Wildman–Crippen MR) is 68.6 cm³/mol. The Balaban J connectivity index is 1.70. The molecule has 1 saturated carbocycles. The molecule has 0 saturated heterocycles. The van der Waals surface area contributed by atoms with E-state index in [2.05, 4.69) is 10.1 Å². The fourth-order valence-corrected chi connectivity index (χ4v) is 1.72. The number of hydrogen-bond acceptors (Lipinski definition) is 3. The van der Waals surface area contributed by atoms with E-state index in [0.717, 1.165) is 18.4 Å². The minimum atomic E-state index is -4.36. The molecule has 21 heavy (non-hydrogen) atoms. The average Bonchev–Trinajstić information content (AvgIpc) is 3.21. The number of rotatable bonds is 8. The van der Waals surface area contributed by atoms with Crippen molar-refractivity contribution in [2.45, 2.75) is 31.6 Å². The van der Waals surface area contributed by atoms with Crippen LogP contribution < -0.4 is 10.1 Å². The molecule has 0 atom stereocenters. The molecule has 3 nitrogen and oxygen atoms in total. The molecule has 0 heterocycles. The number of halogens is 4. The van der Waals surface area contributed by atoms with E-state index in [9.17, 15) is 17.6 Å². The van der Waals surface area contributed by atoms with Crippen LogP contribution in [0.1, 0.15) is 18.4 Å². The van der Waals surface area contributed by atoms with Crippen molar-refractivity contribution in [1.82, 2.24) is 5.32 Å². The van der Waals surface area contributed by atoms with Gasteiger partial charge >= 0.3 is 6.18 Å². The van der Waals surface area contributed by atoms with Gasteiger partial charge in [0.2, 0.25) is 0 Å². The van der Waals surface area contributed by atoms with Gasteiger partial charge in [-0.1, -0.05) is 6.07 Å². The maximum absolute atomic E-state index is 13.7. The smallest absolute Gasteiger partial charge is 0.411 e. The van der Waals surface area contributed by atoms with Gasteiger partial charge in [0, 0.05) is 12.6 Å². The number of ether oxygens (including phenoxy) is 2. The molecule has 0 aliphatic heterocycles. The molecule has 1 aromatic rings. The molecule has 0 unspecified atom stereocenters. The van der Waals surface area contributed by atoms with Crippen LogP contribution in [0.4, 0.5) is 17.6 Å². The minimum absolute atomic E-state index is 0.0146. The normalized spacial score (nSPS) is 15.2. The van der Waals surface area contributed by atoms with Crippen molar-refractivity contribution in [2.24, 2.45) is 0 Å². The first kappa shape index (κ1) is 16.0. The van der Waals surface area contributed by atoms with E-state index in [1.54, 1.807) is 6.07 Å². The predicted octanol–water partition coefficient (Wildman–Crippen LogP) is 3.04. The summed E-state index contributed by atoms with van der Waals surface area (Å²) in [5.74, 6) is -0.512. The van der Waals surface area contributed by atoms with Crippen LogP contribution in [0.2, 0.25) is 0 Å². The van der Waals surface area contributed by atoms with Crippen molar-refractivity contribution in [3.05, 3.63) is 29.6 Å². The van der Waals surface area contributed by atoms with Crippen LogP contribution in [0.3, 0.4) is 0 Å². The van der Waals surface area contributed by atoms with Crippen molar-refractivity contribution in [3.8, 4) is 5.75 Å². The second-order valence-electron chi connectivity index (χ2n) is 4.94. The van der Waals surface area contributed by atoms with E-state index in [1.165, 1.54) is 12.1 Å². The lowest BCUT2D eigenvalue weighted by molar-refractivity contribution is -0.175. The van der Waals surface area contributed by atoms with Crippen LogP contribution in [-0.4, -0.2) is 32.0 Å². The molecule has 0 spiro atoms. The zero-order valence-electron chi connectivity index (χ0n) is 11.4. The van der Waals surface area contributed by atoms with Gasteiger partial charge in [-0.05, 0) is 30.5 Å². The van der Waals surface area contributed by atoms with Crippen molar-refractivity contribution in [2.75, 3.05) is 19.8 Å². The van der Waals surface area contributed by atoms with E-state index >= 15 is 0 Å². The fourth-order valence-electron chi connectivity index (χ4n) is 1.72. The van der Waals surface area contributed by atoms with Crippen molar-refractivity contribution in [3.63, 3.8) is 0 Å². The van der Waals surface area contributed by atoms with Gasteiger partial charge in [-0.15, -0.1) is 0 Å². The zero-order valence-corrected chi connectivity index (χ0v) is 11.4. The third-order valence-corrected chi connectivity index (χ3v) is 2.92. The molecule has 0 radical (unpaired) electrons. The zero-order chi connectivity index (χ0) is 15.3. The van der Waals surface area contributed by atoms with Crippen molar-refractivity contribution >= 4 is 0 Å². The third kappa shape index (κ3) is 6.31. The Kier molecular flexibility index (Phi) is 5.41. The lowest BCUT2D eigenvalue weighted by Gasteiger charge is -2.10. The Labute approximate surface area is 120 Å². The third-order valence-electron chi connectivity index (χ3n) is 2.92. The van der Waals surface area contributed by atoms with Crippen molar-refractivity contribution < 1.29 is 27.0 Å². The molecule has 2 rings (SSSR count). The first-order valence-corrected chi connectivity index (χ1v) is 6.73. The largest absolute Gasteiger partial charge is 0.488 e. The first-order valence-electron chi connectivity index (χ1n) is 6.73. The number of hydrogen-bond donors (Lipinski definition) is 1. The Morgan fingerprint density at radius 1 is 1.19 bits per heavy atom. The second kappa shape index (κ2) is 7.09. The number of alkyl halides is 3. The average molecular weight is 307 g/mol. The maximum Gasteiger partial charge on any atom is 0.411 e. The number of nitrogens with one attached hydrogen (secondary N) is 1. The highest BCUT2D eigenvalue weighted by atomic mass is 19.4. The monoisotopic (exact) mass is 307 g/mol. The Morgan fingerprint density at radius 2 is 1.95 bits per heavy atom. The van der Waals surface area contributed by atoms with Gasteiger partial charge in [0.05, 0.1) is 6.61 Å². The van der Waals surface area contributed by atoms with Crippen LogP contribution in [0, 0.1) is 5.82 Å². The summed E-state index contributed by atoms with van der Waals surface area (Å²) >= 11 is 0. The minimum Gasteiger partial charge on any atom is -0.488 e. The second-order valence-corrected chi connectivity index (χ2v) is 4.94. The molecule has 7 heteroatoms. The molecule has 1 N–H and O–H groups in total. The number of benzene rings is 1. The highest BCUT2D eigenvalue weighted by molar-refractivity contribution is 5.29. The lowest BCUT2D eigenvalue weighted by atomic mass is 10.2. The van der Waals surface area contributed by atoms with Crippen LogP contribution in [-0.2, 0) is 11.3 Å². The summed E-state index contributed by atoms with van der Waals surface area (Å²) < 4.78 is 58.6. The van der Waals surface area contributed by atoms with Gasteiger partial charge < -0.3 is 14.8 Å². The molecular weight excluding hydrogens is 290 g/mol. The van der Waals surface area contributed by atoms with Crippen LogP contribution >= 0.6 is 0 Å². The first-order chi connectivity index (χ1) is 9.94. The Bertz CT molecular complexity index is 461. The molecule has 1 aliphatic carbocycles. The van der Waals surface area contributed by atoms with Crippen LogP contribution in [0.15, 0.2) is 18.2 Å². The van der Waals surface area contributed by atoms with Gasteiger partial charge in [-0.2, -0.15) is 13.2 Å². The van der Waals surface area contributed by atoms with Gasteiger partial charge in [0.25, 0.3) is 0 Å². The highest BCUT2D eigenvalue weighted by Gasteiger charge is 2.27. The topological polar surface area (TPSA) is 30.5 Å².